The van der Waals surface area contributed by atoms with E-state index in [1.807, 2.05) is 29.2 Å². The summed E-state index contributed by atoms with van der Waals surface area (Å²) in [6.07, 6.45) is 7.38. The van der Waals surface area contributed by atoms with Gasteiger partial charge in [-0.3, -0.25) is 4.79 Å². The predicted octanol–water partition coefficient (Wildman–Crippen LogP) is 4.57. The minimum absolute atomic E-state index is 0.0851. The Kier molecular flexibility index (Phi) is 8.03. The van der Waals surface area contributed by atoms with Crippen LogP contribution >= 0.6 is 11.8 Å². The van der Waals surface area contributed by atoms with E-state index < -0.39 is 0 Å². The number of benzene rings is 1. The number of amides is 1. The van der Waals surface area contributed by atoms with Crippen molar-refractivity contribution in [2.24, 2.45) is 0 Å². The van der Waals surface area contributed by atoms with E-state index >= 15 is 0 Å². The molecule has 172 valence electrons. The second kappa shape index (κ2) is 11.1. The third kappa shape index (κ3) is 5.81. The highest BCUT2D eigenvalue weighted by atomic mass is 32.2. The lowest BCUT2D eigenvalue weighted by Crippen LogP contribution is -2.40. The number of aromatic nitrogens is 2. The average Bonchev–Trinajstić information content (AvgIpc) is 2.87. The molecule has 1 amide bonds. The van der Waals surface area contributed by atoms with Gasteiger partial charge >= 0.3 is 0 Å². The molecule has 6 nitrogen and oxygen atoms in total. The van der Waals surface area contributed by atoms with Gasteiger partial charge in [-0.15, -0.1) is 0 Å². The molecule has 0 N–H and O–H groups in total. The van der Waals surface area contributed by atoms with Gasteiger partial charge in [0, 0.05) is 49.3 Å². The first kappa shape index (κ1) is 23.1. The SMILES string of the molecule is CCc1cc(N(C)C2CCCCC2)nc(SCc2ccc(C(=O)N3CCOCC3)cc2)n1. The van der Waals surface area contributed by atoms with E-state index in [1.54, 1.807) is 11.8 Å². The number of anilines is 1. The number of hydrogen-bond donors (Lipinski definition) is 0. The smallest absolute Gasteiger partial charge is 0.254 e. The highest BCUT2D eigenvalue weighted by molar-refractivity contribution is 7.98. The van der Waals surface area contributed by atoms with Crippen molar-refractivity contribution in [1.82, 2.24) is 14.9 Å². The molecule has 1 saturated heterocycles. The highest BCUT2D eigenvalue weighted by Gasteiger charge is 2.21. The third-order valence-corrected chi connectivity index (χ3v) is 7.38. The normalized spacial score (nSPS) is 17.4. The molecule has 2 fully saturated rings. The summed E-state index contributed by atoms with van der Waals surface area (Å²) in [6, 6.07) is 10.7. The Morgan fingerprint density at radius 3 is 2.53 bits per heavy atom. The highest BCUT2D eigenvalue weighted by Crippen LogP contribution is 2.28. The zero-order valence-electron chi connectivity index (χ0n) is 19.3. The van der Waals surface area contributed by atoms with E-state index in [4.69, 9.17) is 14.7 Å². The Labute approximate surface area is 195 Å². The summed E-state index contributed by atoms with van der Waals surface area (Å²) in [5.41, 5.74) is 2.99. The van der Waals surface area contributed by atoms with E-state index in [1.165, 1.54) is 37.7 Å². The van der Waals surface area contributed by atoms with E-state index in [0.717, 1.165) is 34.4 Å². The van der Waals surface area contributed by atoms with Crippen molar-refractivity contribution in [3.05, 3.63) is 47.2 Å². The standard InChI is InChI=1S/C25H34N4O2S/c1-3-21-17-23(28(2)22-7-5-4-6-8-22)27-25(26-21)32-18-19-9-11-20(12-10-19)24(30)29-13-15-31-16-14-29/h9-12,17,22H,3-8,13-16,18H2,1-2H3. The number of thioether (sulfide) groups is 1. The van der Waals surface area contributed by atoms with Crippen LogP contribution in [0.2, 0.25) is 0 Å². The van der Waals surface area contributed by atoms with Crippen molar-refractivity contribution in [2.45, 2.75) is 62.4 Å². The first-order valence-corrected chi connectivity index (χ1v) is 12.8. The molecule has 1 aliphatic heterocycles. The second-order valence-electron chi connectivity index (χ2n) is 8.65. The Morgan fingerprint density at radius 2 is 1.84 bits per heavy atom. The first-order valence-electron chi connectivity index (χ1n) is 11.8. The number of hydrogen-bond acceptors (Lipinski definition) is 6. The van der Waals surface area contributed by atoms with Gasteiger partial charge in [0.2, 0.25) is 0 Å². The number of carbonyl (C=O) groups excluding carboxylic acids is 1. The fraction of sp³-hybridized carbons (Fsp3) is 0.560. The minimum atomic E-state index is 0.0851. The van der Waals surface area contributed by atoms with E-state index in [0.29, 0.717) is 32.3 Å². The van der Waals surface area contributed by atoms with Crippen molar-refractivity contribution in [3.63, 3.8) is 0 Å². The molecule has 0 atom stereocenters. The topological polar surface area (TPSA) is 58.6 Å². The summed E-state index contributed by atoms with van der Waals surface area (Å²) in [5, 5.41) is 0.829. The van der Waals surface area contributed by atoms with Gasteiger partial charge in [0.25, 0.3) is 5.91 Å². The molecule has 0 bridgehead atoms. The summed E-state index contributed by atoms with van der Waals surface area (Å²) in [7, 11) is 2.18. The molecule has 0 radical (unpaired) electrons. The first-order chi connectivity index (χ1) is 15.6. The largest absolute Gasteiger partial charge is 0.378 e. The maximum atomic E-state index is 12.6. The van der Waals surface area contributed by atoms with Crippen molar-refractivity contribution in [2.75, 3.05) is 38.3 Å². The van der Waals surface area contributed by atoms with Crippen LogP contribution in [0.15, 0.2) is 35.5 Å². The minimum Gasteiger partial charge on any atom is -0.378 e. The van der Waals surface area contributed by atoms with Gasteiger partial charge in [0.1, 0.15) is 5.82 Å². The van der Waals surface area contributed by atoms with E-state index in [-0.39, 0.29) is 5.91 Å². The van der Waals surface area contributed by atoms with E-state index in [9.17, 15) is 4.79 Å². The Morgan fingerprint density at radius 1 is 1.12 bits per heavy atom. The molecule has 2 aromatic rings. The van der Waals surface area contributed by atoms with Crippen molar-refractivity contribution in [1.29, 1.82) is 0 Å². The van der Waals surface area contributed by atoms with Crippen LogP contribution in [0, 0.1) is 0 Å². The summed E-state index contributed by atoms with van der Waals surface area (Å²) in [5.74, 6) is 1.91. The lowest BCUT2D eigenvalue weighted by Gasteiger charge is -2.32. The lowest BCUT2D eigenvalue weighted by molar-refractivity contribution is 0.0303. The molecule has 0 spiro atoms. The molecule has 4 rings (SSSR count). The predicted molar refractivity (Wildman–Crippen MR) is 129 cm³/mol. The molecule has 0 unspecified atom stereocenters. The van der Waals surface area contributed by atoms with Gasteiger partial charge in [0.05, 0.1) is 13.2 Å². The Bertz CT molecular complexity index is 893. The molecule has 1 aromatic carbocycles. The number of morpholine rings is 1. The molecule has 7 heteroatoms. The Balaban J connectivity index is 1.40. The fourth-order valence-electron chi connectivity index (χ4n) is 4.38. The van der Waals surface area contributed by atoms with Crippen LogP contribution in [-0.2, 0) is 16.9 Å². The van der Waals surface area contributed by atoms with Crippen LogP contribution in [0.3, 0.4) is 0 Å². The van der Waals surface area contributed by atoms with Gasteiger partial charge in [-0.05, 0) is 37.0 Å². The van der Waals surface area contributed by atoms with Gasteiger partial charge in [-0.25, -0.2) is 9.97 Å². The molecule has 32 heavy (non-hydrogen) atoms. The average molecular weight is 455 g/mol. The van der Waals surface area contributed by atoms with Gasteiger partial charge in [-0.2, -0.15) is 0 Å². The fourth-order valence-corrected chi connectivity index (χ4v) is 5.21. The zero-order valence-corrected chi connectivity index (χ0v) is 20.1. The lowest BCUT2D eigenvalue weighted by atomic mass is 9.94. The van der Waals surface area contributed by atoms with Gasteiger partial charge < -0.3 is 14.5 Å². The van der Waals surface area contributed by atoms with E-state index in [2.05, 4.69) is 24.9 Å². The van der Waals surface area contributed by atoms with Crippen molar-refractivity contribution < 1.29 is 9.53 Å². The van der Waals surface area contributed by atoms with Crippen LogP contribution in [0.4, 0.5) is 5.82 Å². The molecule has 1 aromatic heterocycles. The number of ether oxygens (including phenoxy) is 1. The number of aryl methyl sites for hydroxylation is 1. The van der Waals surface area contributed by atoms with Crippen LogP contribution in [0.5, 0.6) is 0 Å². The van der Waals surface area contributed by atoms with Crippen molar-refractivity contribution in [3.8, 4) is 0 Å². The van der Waals surface area contributed by atoms with Gasteiger partial charge in [0.15, 0.2) is 5.16 Å². The molecule has 1 aliphatic carbocycles. The van der Waals surface area contributed by atoms with Gasteiger partial charge in [-0.1, -0.05) is 50.1 Å². The molecule has 1 saturated carbocycles. The van der Waals surface area contributed by atoms with Crippen LogP contribution in [0.1, 0.15) is 60.6 Å². The monoisotopic (exact) mass is 454 g/mol. The van der Waals surface area contributed by atoms with Crippen LogP contribution in [0.25, 0.3) is 0 Å². The third-order valence-electron chi connectivity index (χ3n) is 6.46. The van der Waals surface area contributed by atoms with Crippen LogP contribution in [-0.4, -0.2) is 60.2 Å². The quantitative estimate of drug-likeness (QED) is 0.451. The molecular weight excluding hydrogens is 420 g/mol. The molecular formula is C25H34N4O2S. The maximum absolute atomic E-state index is 12.6. The second-order valence-corrected chi connectivity index (χ2v) is 9.59. The Hall–Kier alpha value is -2.12. The molecule has 2 heterocycles. The number of carbonyl (C=O) groups is 1. The number of nitrogens with zero attached hydrogens (tertiary/aromatic N) is 4. The maximum Gasteiger partial charge on any atom is 0.254 e. The summed E-state index contributed by atoms with van der Waals surface area (Å²) in [6.45, 7) is 4.72. The van der Waals surface area contributed by atoms with Crippen LogP contribution < -0.4 is 4.90 Å². The summed E-state index contributed by atoms with van der Waals surface area (Å²) >= 11 is 1.66. The summed E-state index contributed by atoms with van der Waals surface area (Å²) < 4.78 is 5.34. The van der Waals surface area contributed by atoms with Crippen molar-refractivity contribution >= 4 is 23.5 Å². The number of rotatable bonds is 7. The molecule has 2 aliphatic rings. The zero-order chi connectivity index (χ0) is 22.3. The summed E-state index contributed by atoms with van der Waals surface area (Å²) in [4.78, 5) is 26.5.